The van der Waals surface area contributed by atoms with Crippen LogP contribution < -0.4 is 0 Å². The van der Waals surface area contributed by atoms with Crippen LogP contribution in [0.3, 0.4) is 0 Å². The zero-order valence-electron chi connectivity index (χ0n) is 15.4. The molecule has 2 unspecified atom stereocenters. The number of benzene rings is 2. The minimum atomic E-state index is 0.761. The molecule has 0 heterocycles. The molecule has 136 valence electrons. The largest absolute Gasteiger partial charge is 0.157 e. The van der Waals surface area contributed by atoms with E-state index in [1.807, 2.05) is 0 Å². The molecule has 0 saturated carbocycles. The van der Waals surface area contributed by atoms with Gasteiger partial charge in [-0.05, 0) is 35.5 Å². The number of hydrogen-bond donors (Lipinski definition) is 0. The highest BCUT2D eigenvalue weighted by atomic mass is 32.2. The van der Waals surface area contributed by atoms with E-state index in [1.54, 1.807) is 0 Å². The van der Waals surface area contributed by atoms with Crippen LogP contribution in [0.5, 0.6) is 0 Å². The van der Waals surface area contributed by atoms with Gasteiger partial charge in [-0.1, -0.05) is 74.5 Å². The Bertz CT molecular complexity index is 504. The van der Waals surface area contributed by atoms with Gasteiger partial charge in [-0.25, -0.2) is 0 Å². The van der Waals surface area contributed by atoms with Gasteiger partial charge in [0, 0.05) is 22.0 Å². The van der Waals surface area contributed by atoms with Crippen LogP contribution in [-0.2, 0) is 11.5 Å². The van der Waals surface area contributed by atoms with Gasteiger partial charge >= 0.3 is 0 Å². The lowest BCUT2D eigenvalue weighted by molar-refractivity contribution is 0.870. The fourth-order valence-corrected chi connectivity index (χ4v) is 6.34. The second kappa shape index (κ2) is 12.8. The fraction of sp³-hybridized carbons (Fsp3) is 0.455. The third kappa shape index (κ3) is 9.67. The van der Waals surface area contributed by atoms with Crippen molar-refractivity contribution in [3.05, 3.63) is 71.8 Å². The maximum atomic E-state index is 2.39. The Labute approximate surface area is 167 Å². The van der Waals surface area contributed by atoms with E-state index in [0.29, 0.717) is 0 Å². The lowest BCUT2D eigenvalue weighted by Gasteiger charge is -2.17. The van der Waals surface area contributed by atoms with Gasteiger partial charge in [0.05, 0.1) is 0 Å². The molecule has 2 aromatic carbocycles. The molecule has 0 bridgehead atoms. The summed E-state index contributed by atoms with van der Waals surface area (Å²) in [6.07, 6.45) is 2.62. The van der Waals surface area contributed by atoms with Crippen molar-refractivity contribution < 1.29 is 0 Å². The average Bonchev–Trinajstić information content (AvgIpc) is 2.64. The van der Waals surface area contributed by atoms with Crippen LogP contribution in [0, 0.1) is 0 Å². The molecule has 3 heteroatoms. The van der Waals surface area contributed by atoms with Crippen molar-refractivity contribution in [3.63, 3.8) is 0 Å². The number of rotatable bonds is 12. The molecule has 2 atom stereocenters. The van der Waals surface area contributed by atoms with Crippen molar-refractivity contribution in [1.82, 2.24) is 0 Å². The Morgan fingerprint density at radius 1 is 0.640 bits per heavy atom. The maximum absolute atomic E-state index is 2.39. The zero-order valence-corrected chi connectivity index (χ0v) is 17.8. The molecule has 0 spiro atoms. The Kier molecular flexibility index (Phi) is 10.6. The van der Waals surface area contributed by atoms with Gasteiger partial charge in [0.25, 0.3) is 0 Å². The Morgan fingerprint density at radius 3 is 1.44 bits per heavy atom. The van der Waals surface area contributed by atoms with Crippen LogP contribution in [0.25, 0.3) is 0 Å². The van der Waals surface area contributed by atoms with Gasteiger partial charge in [0.2, 0.25) is 0 Å². The Hall–Kier alpha value is -0.510. The topological polar surface area (TPSA) is 0 Å². The Morgan fingerprint density at radius 2 is 1.04 bits per heavy atom. The van der Waals surface area contributed by atoms with Gasteiger partial charge in [0.15, 0.2) is 0 Å². The predicted molar refractivity (Wildman–Crippen MR) is 121 cm³/mol. The van der Waals surface area contributed by atoms with Gasteiger partial charge in [-0.15, -0.1) is 0 Å². The van der Waals surface area contributed by atoms with E-state index >= 15 is 0 Å². The van der Waals surface area contributed by atoms with Crippen molar-refractivity contribution in [2.75, 3.05) is 11.5 Å². The summed E-state index contributed by atoms with van der Waals surface area (Å²) >= 11 is 6.29. The van der Waals surface area contributed by atoms with E-state index in [0.717, 1.165) is 22.0 Å². The first-order valence-electron chi connectivity index (χ1n) is 9.13. The molecule has 0 aliphatic carbocycles. The molecule has 25 heavy (non-hydrogen) atoms. The summed E-state index contributed by atoms with van der Waals surface area (Å²) in [7, 11) is 0. The highest BCUT2D eigenvalue weighted by Gasteiger charge is 2.09. The molecule has 0 nitrogen and oxygen atoms in total. The van der Waals surface area contributed by atoms with E-state index in [9.17, 15) is 0 Å². The molecule has 0 N–H and O–H groups in total. The van der Waals surface area contributed by atoms with Crippen molar-refractivity contribution in [2.24, 2.45) is 0 Å². The third-order valence-electron chi connectivity index (χ3n) is 4.03. The lowest BCUT2D eigenvalue weighted by atomic mass is 10.2. The molecular formula is C22H30S3. The molecule has 0 aromatic heterocycles. The summed E-state index contributed by atoms with van der Waals surface area (Å²) in [6, 6.07) is 21.6. The highest BCUT2D eigenvalue weighted by molar-refractivity contribution is 8.01. The van der Waals surface area contributed by atoms with E-state index in [4.69, 9.17) is 0 Å². The normalized spacial score (nSPS) is 13.5. The molecule has 2 aromatic rings. The smallest absolute Gasteiger partial charge is 0.0184 e. The zero-order chi connectivity index (χ0) is 17.7. The van der Waals surface area contributed by atoms with Crippen LogP contribution in [0.4, 0.5) is 0 Å². The SMILES string of the molecule is CC(CCSCc1ccccc1)SC(C)CCSCc1ccccc1. The fourth-order valence-electron chi connectivity index (χ4n) is 2.56. The Balaban J connectivity index is 1.49. The van der Waals surface area contributed by atoms with Crippen LogP contribution in [0.2, 0.25) is 0 Å². The lowest BCUT2D eigenvalue weighted by Crippen LogP contribution is -2.07. The molecule has 0 aliphatic rings. The van der Waals surface area contributed by atoms with Crippen molar-refractivity contribution in [3.8, 4) is 0 Å². The first-order chi connectivity index (χ1) is 12.2. The number of thioether (sulfide) groups is 3. The second-order valence-corrected chi connectivity index (χ2v) is 10.5. The van der Waals surface area contributed by atoms with Crippen molar-refractivity contribution in [2.45, 2.75) is 48.7 Å². The van der Waals surface area contributed by atoms with Gasteiger partial charge < -0.3 is 0 Å². The standard InChI is InChI=1S/C22H30S3/c1-19(13-15-23-17-21-9-5-3-6-10-21)25-20(2)14-16-24-18-22-11-7-4-8-12-22/h3-12,19-20H,13-18H2,1-2H3. The molecular weight excluding hydrogens is 360 g/mol. The monoisotopic (exact) mass is 390 g/mol. The van der Waals surface area contributed by atoms with Crippen LogP contribution in [-0.4, -0.2) is 22.0 Å². The molecule has 0 fully saturated rings. The second-order valence-electron chi connectivity index (χ2n) is 6.41. The average molecular weight is 391 g/mol. The highest BCUT2D eigenvalue weighted by Crippen LogP contribution is 2.26. The molecule has 0 aliphatic heterocycles. The first kappa shape index (κ1) is 20.8. The quantitative estimate of drug-likeness (QED) is 0.353. The van der Waals surface area contributed by atoms with Gasteiger partial charge in [-0.3, -0.25) is 0 Å². The summed E-state index contributed by atoms with van der Waals surface area (Å²) in [5.74, 6) is 4.81. The molecule has 0 amide bonds. The van der Waals surface area contributed by atoms with Crippen molar-refractivity contribution >= 4 is 35.3 Å². The molecule has 2 rings (SSSR count). The van der Waals surface area contributed by atoms with Crippen LogP contribution in [0.15, 0.2) is 60.7 Å². The van der Waals surface area contributed by atoms with Gasteiger partial charge in [-0.2, -0.15) is 35.3 Å². The molecule has 0 radical (unpaired) electrons. The van der Waals surface area contributed by atoms with E-state index in [2.05, 4.69) is 110 Å². The third-order valence-corrected chi connectivity index (χ3v) is 7.55. The minimum Gasteiger partial charge on any atom is -0.157 e. The van der Waals surface area contributed by atoms with E-state index in [-0.39, 0.29) is 0 Å². The number of hydrogen-bond acceptors (Lipinski definition) is 3. The summed E-state index contributed by atoms with van der Waals surface area (Å²) in [5.41, 5.74) is 2.88. The summed E-state index contributed by atoms with van der Waals surface area (Å²) in [5, 5.41) is 1.52. The van der Waals surface area contributed by atoms with E-state index in [1.165, 1.54) is 35.5 Å². The first-order valence-corrected chi connectivity index (χ1v) is 12.4. The van der Waals surface area contributed by atoms with E-state index < -0.39 is 0 Å². The maximum Gasteiger partial charge on any atom is 0.0184 e. The van der Waals surface area contributed by atoms with Crippen LogP contribution >= 0.6 is 35.3 Å². The summed E-state index contributed by atoms with van der Waals surface area (Å²) in [6.45, 7) is 4.78. The predicted octanol–water partition coefficient (Wildman–Crippen LogP) is 7.14. The van der Waals surface area contributed by atoms with Crippen molar-refractivity contribution in [1.29, 1.82) is 0 Å². The van der Waals surface area contributed by atoms with Gasteiger partial charge in [0.1, 0.15) is 0 Å². The minimum absolute atomic E-state index is 0.761. The summed E-state index contributed by atoms with van der Waals surface area (Å²) < 4.78 is 0. The molecule has 0 saturated heterocycles. The summed E-state index contributed by atoms with van der Waals surface area (Å²) in [4.78, 5) is 0. The van der Waals surface area contributed by atoms with Crippen LogP contribution in [0.1, 0.15) is 37.8 Å².